The van der Waals surface area contributed by atoms with E-state index < -0.39 is 0 Å². The van der Waals surface area contributed by atoms with E-state index in [0.717, 1.165) is 10.0 Å². The monoisotopic (exact) mass is 429 g/mol. The molecule has 1 heterocycles. The Morgan fingerprint density at radius 1 is 1.19 bits per heavy atom. The van der Waals surface area contributed by atoms with E-state index in [4.69, 9.17) is 0 Å². The number of aromatic nitrogens is 1. The van der Waals surface area contributed by atoms with Gasteiger partial charge in [0.15, 0.2) is 5.13 Å². The van der Waals surface area contributed by atoms with Crippen LogP contribution in [0.25, 0.3) is 0 Å². The number of thiazole rings is 1. The van der Waals surface area contributed by atoms with Crippen LogP contribution in [0.1, 0.15) is 15.9 Å². The number of nitrogens with zero attached hydrogens (tertiary/aromatic N) is 2. The van der Waals surface area contributed by atoms with Crippen LogP contribution in [0.2, 0.25) is 0 Å². The van der Waals surface area contributed by atoms with Crippen molar-refractivity contribution in [3.63, 3.8) is 0 Å². The fraction of sp³-hybridized carbons (Fsp3) is 0.105. The first-order chi connectivity index (χ1) is 12.5. The van der Waals surface area contributed by atoms with Crippen LogP contribution in [0.5, 0.6) is 0 Å². The van der Waals surface area contributed by atoms with Crippen LogP contribution >= 0.6 is 27.3 Å². The molecule has 1 N–H and O–H groups in total. The van der Waals surface area contributed by atoms with E-state index in [9.17, 15) is 9.59 Å². The number of hydrogen-bond acceptors (Lipinski definition) is 4. The predicted octanol–water partition coefficient (Wildman–Crippen LogP) is 4.36. The largest absolute Gasteiger partial charge is 0.322 e. The van der Waals surface area contributed by atoms with Crippen LogP contribution < -0.4 is 10.2 Å². The first kappa shape index (κ1) is 18.3. The Kier molecular flexibility index (Phi) is 5.80. The summed E-state index contributed by atoms with van der Waals surface area (Å²) in [6.45, 7) is 0. The van der Waals surface area contributed by atoms with Gasteiger partial charge in [-0.3, -0.25) is 14.5 Å². The molecule has 0 fully saturated rings. The fourth-order valence-corrected chi connectivity index (χ4v) is 3.34. The van der Waals surface area contributed by atoms with Crippen LogP contribution in [0, 0.1) is 0 Å². The second kappa shape index (κ2) is 8.25. The quantitative estimate of drug-likeness (QED) is 0.654. The SMILES string of the molecule is CN(C(=O)Cc1ccc(NC(=O)c2cccc(Br)c2)cc1)c1nccs1. The molecule has 0 unspecified atom stereocenters. The number of nitrogens with one attached hydrogen (secondary N) is 1. The van der Waals surface area contributed by atoms with Gasteiger partial charge in [-0.25, -0.2) is 4.98 Å². The van der Waals surface area contributed by atoms with Gasteiger partial charge in [0.05, 0.1) is 6.42 Å². The Balaban J connectivity index is 1.61. The molecule has 5 nitrogen and oxygen atoms in total. The maximum absolute atomic E-state index is 12.3. The molecule has 0 aliphatic carbocycles. The molecule has 26 heavy (non-hydrogen) atoms. The van der Waals surface area contributed by atoms with Crippen molar-refractivity contribution in [3.05, 3.63) is 75.7 Å². The van der Waals surface area contributed by atoms with E-state index in [1.807, 2.05) is 29.6 Å². The predicted molar refractivity (Wildman–Crippen MR) is 108 cm³/mol. The molecule has 0 atom stereocenters. The second-order valence-electron chi connectivity index (χ2n) is 5.61. The first-order valence-corrected chi connectivity index (χ1v) is 9.52. The number of halogens is 1. The van der Waals surface area contributed by atoms with Gasteiger partial charge in [0.2, 0.25) is 5.91 Å². The van der Waals surface area contributed by atoms with Gasteiger partial charge < -0.3 is 5.32 Å². The first-order valence-electron chi connectivity index (χ1n) is 7.85. The van der Waals surface area contributed by atoms with Crippen molar-refractivity contribution in [1.82, 2.24) is 4.98 Å². The molecular weight excluding hydrogens is 414 g/mol. The molecule has 2 amide bonds. The molecule has 0 aliphatic heterocycles. The standard InChI is InChI=1S/C19H16BrN3O2S/c1-23(19-21-9-10-26-19)17(24)11-13-5-7-16(8-6-13)22-18(25)14-3-2-4-15(20)12-14/h2-10,12H,11H2,1H3,(H,22,25). The Labute approximate surface area is 163 Å². The van der Waals surface area contributed by atoms with E-state index in [0.29, 0.717) is 16.4 Å². The summed E-state index contributed by atoms with van der Waals surface area (Å²) in [5.41, 5.74) is 2.13. The van der Waals surface area contributed by atoms with Gasteiger partial charge in [-0.2, -0.15) is 0 Å². The lowest BCUT2D eigenvalue weighted by Crippen LogP contribution is -2.27. The minimum absolute atomic E-state index is 0.0362. The lowest BCUT2D eigenvalue weighted by Gasteiger charge is -2.14. The summed E-state index contributed by atoms with van der Waals surface area (Å²) >= 11 is 4.78. The van der Waals surface area contributed by atoms with Crippen molar-refractivity contribution in [2.45, 2.75) is 6.42 Å². The van der Waals surface area contributed by atoms with Crippen LogP contribution in [0.15, 0.2) is 64.6 Å². The molecular formula is C19H16BrN3O2S. The van der Waals surface area contributed by atoms with Gasteiger partial charge in [0.25, 0.3) is 5.91 Å². The summed E-state index contributed by atoms with van der Waals surface area (Å²) < 4.78 is 0.850. The zero-order valence-corrected chi connectivity index (χ0v) is 16.4. The maximum atomic E-state index is 12.3. The molecule has 0 saturated carbocycles. The molecule has 3 rings (SSSR count). The van der Waals surface area contributed by atoms with E-state index in [-0.39, 0.29) is 18.2 Å². The molecule has 3 aromatic rings. The highest BCUT2D eigenvalue weighted by atomic mass is 79.9. The molecule has 0 saturated heterocycles. The van der Waals surface area contributed by atoms with Gasteiger partial charge >= 0.3 is 0 Å². The Hall–Kier alpha value is -2.51. The van der Waals surface area contributed by atoms with Crippen LogP contribution in [0.3, 0.4) is 0 Å². The molecule has 7 heteroatoms. The van der Waals surface area contributed by atoms with Gasteiger partial charge in [0.1, 0.15) is 0 Å². The minimum Gasteiger partial charge on any atom is -0.322 e. The summed E-state index contributed by atoms with van der Waals surface area (Å²) in [4.78, 5) is 30.2. The summed E-state index contributed by atoms with van der Waals surface area (Å²) in [7, 11) is 1.72. The third-order valence-corrected chi connectivity index (χ3v) is 5.08. The van der Waals surface area contributed by atoms with E-state index in [2.05, 4.69) is 26.2 Å². The number of benzene rings is 2. The summed E-state index contributed by atoms with van der Waals surface area (Å²) in [5.74, 6) is -0.218. The third-order valence-electron chi connectivity index (χ3n) is 3.73. The van der Waals surface area contributed by atoms with Crippen molar-refractivity contribution in [2.24, 2.45) is 0 Å². The minimum atomic E-state index is -0.182. The Morgan fingerprint density at radius 2 is 1.96 bits per heavy atom. The highest BCUT2D eigenvalue weighted by Crippen LogP contribution is 2.18. The number of likely N-dealkylation sites (N-methyl/N-ethyl adjacent to an activating group) is 1. The van der Waals surface area contributed by atoms with Crippen molar-refractivity contribution >= 4 is 49.9 Å². The van der Waals surface area contributed by atoms with Gasteiger partial charge in [-0.1, -0.05) is 34.1 Å². The number of carbonyl (C=O) groups excluding carboxylic acids is 2. The number of carbonyl (C=O) groups is 2. The van der Waals surface area contributed by atoms with E-state index in [1.54, 1.807) is 42.4 Å². The average molecular weight is 430 g/mol. The van der Waals surface area contributed by atoms with Gasteiger partial charge in [-0.05, 0) is 35.9 Å². The number of amides is 2. The lowest BCUT2D eigenvalue weighted by molar-refractivity contribution is -0.117. The van der Waals surface area contributed by atoms with Gasteiger partial charge in [-0.15, -0.1) is 11.3 Å². The van der Waals surface area contributed by atoms with Crippen LogP contribution in [0.4, 0.5) is 10.8 Å². The third kappa shape index (κ3) is 4.56. The normalized spacial score (nSPS) is 10.4. The molecule has 0 bridgehead atoms. The molecule has 1 aromatic heterocycles. The van der Waals surface area contributed by atoms with Crippen LogP contribution in [-0.2, 0) is 11.2 Å². The molecule has 2 aromatic carbocycles. The van der Waals surface area contributed by atoms with Crippen molar-refractivity contribution in [2.75, 3.05) is 17.3 Å². The number of anilines is 2. The van der Waals surface area contributed by atoms with E-state index in [1.165, 1.54) is 11.3 Å². The summed E-state index contributed by atoms with van der Waals surface area (Å²) in [6, 6.07) is 14.5. The average Bonchev–Trinajstić information content (AvgIpc) is 3.17. The molecule has 0 aliphatic rings. The van der Waals surface area contributed by atoms with Crippen molar-refractivity contribution < 1.29 is 9.59 Å². The number of hydrogen-bond donors (Lipinski definition) is 1. The van der Waals surface area contributed by atoms with Crippen LogP contribution in [-0.4, -0.2) is 23.8 Å². The zero-order chi connectivity index (χ0) is 18.5. The molecule has 0 radical (unpaired) electrons. The fourth-order valence-electron chi connectivity index (χ4n) is 2.32. The topological polar surface area (TPSA) is 62.3 Å². The highest BCUT2D eigenvalue weighted by molar-refractivity contribution is 9.10. The smallest absolute Gasteiger partial charge is 0.255 e. The Morgan fingerprint density at radius 3 is 2.62 bits per heavy atom. The van der Waals surface area contributed by atoms with Crippen molar-refractivity contribution in [3.8, 4) is 0 Å². The lowest BCUT2D eigenvalue weighted by atomic mass is 10.1. The molecule has 132 valence electrons. The number of rotatable bonds is 5. The van der Waals surface area contributed by atoms with E-state index >= 15 is 0 Å². The maximum Gasteiger partial charge on any atom is 0.255 e. The Bertz CT molecular complexity index is 911. The van der Waals surface area contributed by atoms with Crippen molar-refractivity contribution in [1.29, 1.82) is 0 Å². The van der Waals surface area contributed by atoms with Gasteiger partial charge in [0, 0.05) is 34.3 Å². The zero-order valence-electron chi connectivity index (χ0n) is 14.0. The highest BCUT2D eigenvalue weighted by Gasteiger charge is 2.13. The second-order valence-corrected chi connectivity index (χ2v) is 7.39. The molecule has 0 spiro atoms. The summed E-state index contributed by atoms with van der Waals surface area (Å²) in [5, 5.41) is 5.36. The summed E-state index contributed by atoms with van der Waals surface area (Å²) in [6.07, 6.45) is 1.95.